The van der Waals surface area contributed by atoms with Gasteiger partial charge in [0.25, 0.3) is 5.91 Å². The predicted molar refractivity (Wildman–Crippen MR) is 65.5 cm³/mol. The maximum atomic E-state index is 12.2. The molecule has 0 saturated carbocycles. The van der Waals surface area contributed by atoms with E-state index in [0.29, 0.717) is 11.3 Å². The molecule has 6 heteroatoms. The molecule has 0 bridgehead atoms. The van der Waals surface area contributed by atoms with Gasteiger partial charge in [0, 0.05) is 31.9 Å². The Bertz CT molecular complexity index is 433. The smallest absolute Gasteiger partial charge is 0.270 e. The van der Waals surface area contributed by atoms with E-state index in [1.807, 2.05) is 0 Å². The average molecular weight is 254 g/mol. The summed E-state index contributed by atoms with van der Waals surface area (Å²) in [5.41, 5.74) is 0.830. The number of nitrogens with zero attached hydrogens (tertiary/aromatic N) is 2. The van der Waals surface area contributed by atoms with E-state index in [4.69, 9.17) is 10.2 Å². The molecule has 0 aliphatic rings. The summed E-state index contributed by atoms with van der Waals surface area (Å²) in [5, 5.41) is 17.8. The monoisotopic (exact) mass is 254 g/mol. The van der Waals surface area contributed by atoms with Crippen LogP contribution in [0.5, 0.6) is 0 Å². The number of hydrogen-bond acceptors (Lipinski definition) is 4. The molecule has 100 valence electrons. The Hall–Kier alpha value is -1.66. The average Bonchev–Trinajstić information content (AvgIpc) is 2.70. The molecule has 0 saturated heterocycles. The van der Waals surface area contributed by atoms with E-state index in [1.54, 1.807) is 17.8 Å². The maximum absolute atomic E-state index is 12.2. The highest BCUT2D eigenvalue weighted by molar-refractivity contribution is 5.99. The zero-order valence-electron chi connectivity index (χ0n) is 10.6. The molecule has 1 aromatic rings. The fraction of sp³-hybridized carbons (Fsp3) is 0.500. The van der Waals surface area contributed by atoms with Crippen LogP contribution in [-0.4, -0.2) is 57.7 Å². The highest BCUT2D eigenvalue weighted by atomic mass is 16.3. The van der Waals surface area contributed by atoms with Crippen molar-refractivity contribution in [1.82, 2.24) is 9.47 Å². The minimum atomic E-state index is -0.312. The Kier molecular flexibility index (Phi) is 5.06. The molecule has 18 heavy (non-hydrogen) atoms. The third kappa shape index (κ3) is 3.18. The molecule has 0 fully saturated rings. The van der Waals surface area contributed by atoms with Crippen LogP contribution < -0.4 is 0 Å². The molecule has 0 atom stereocenters. The van der Waals surface area contributed by atoms with Gasteiger partial charge in [0.1, 0.15) is 5.69 Å². The number of rotatable bonds is 6. The Morgan fingerprint density at radius 3 is 2.22 bits per heavy atom. The summed E-state index contributed by atoms with van der Waals surface area (Å²) in [4.78, 5) is 24.7. The Balaban J connectivity index is 2.97. The van der Waals surface area contributed by atoms with E-state index < -0.39 is 0 Å². The van der Waals surface area contributed by atoms with Gasteiger partial charge in [-0.3, -0.25) is 9.59 Å². The van der Waals surface area contributed by atoms with Gasteiger partial charge in [-0.2, -0.15) is 0 Å². The van der Waals surface area contributed by atoms with Crippen LogP contribution in [0.2, 0.25) is 0 Å². The lowest BCUT2D eigenvalue weighted by molar-refractivity contribution is 0.0675. The summed E-state index contributed by atoms with van der Waals surface area (Å²) in [6.07, 6.45) is 1.59. The predicted octanol–water partition coefficient (Wildman–Crippen LogP) is -0.346. The first kappa shape index (κ1) is 14.4. The zero-order valence-corrected chi connectivity index (χ0v) is 10.6. The summed E-state index contributed by atoms with van der Waals surface area (Å²) in [7, 11) is 1.68. The lowest BCUT2D eigenvalue weighted by atomic mass is 10.2. The van der Waals surface area contributed by atoms with Gasteiger partial charge in [0.15, 0.2) is 5.78 Å². The molecule has 1 amide bonds. The van der Waals surface area contributed by atoms with E-state index in [2.05, 4.69) is 0 Å². The van der Waals surface area contributed by atoms with E-state index in [1.165, 1.54) is 17.9 Å². The number of amides is 1. The number of aliphatic hydroxyl groups is 2. The Labute approximate surface area is 105 Å². The molecule has 0 radical (unpaired) electrons. The summed E-state index contributed by atoms with van der Waals surface area (Å²) in [5.74, 6) is -0.423. The van der Waals surface area contributed by atoms with Crippen molar-refractivity contribution in [3.63, 3.8) is 0 Å². The van der Waals surface area contributed by atoms with Gasteiger partial charge in [-0.25, -0.2) is 0 Å². The zero-order chi connectivity index (χ0) is 13.7. The van der Waals surface area contributed by atoms with E-state index in [9.17, 15) is 9.59 Å². The molecular weight excluding hydrogens is 236 g/mol. The molecular formula is C12H18N2O4. The van der Waals surface area contributed by atoms with Crippen LogP contribution in [0.4, 0.5) is 0 Å². The molecule has 1 aromatic heterocycles. The summed E-state index contributed by atoms with van der Waals surface area (Å²) in [6, 6.07) is 1.52. The highest BCUT2D eigenvalue weighted by Gasteiger charge is 2.19. The molecule has 6 nitrogen and oxygen atoms in total. The normalized spacial score (nSPS) is 10.4. The minimum absolute atomic E-state index is 0.111. The van der Waals surface area contributed by atoms with Crippen molar-refractivity contribution in [1.29, 1.82) is 0 Å². The second kappa shape index (κ2) is 6.32. The SMILES string of the molecule is CC(=O)c1cc(C(=O)N(CCO)CCO)n(C)c1. The number of aromatic nitrogens is 1. The first-order valence-electron chi connectivity index (χ1n) is 5.69. The Morgan fingerprint density at radius 2 is 1.83 bits per heavy atom. The minimum Gasteiger partial charge on any atom is -0.395 e. The quantitative estimate of drug-likeness (QED) is 0.680. The first-order valence-corrected chi connectivity index (χ1v) is 5.69. The van der Waals surface area contributed by atoms with Crippen LogP contribution in [-0.2, 0) is 7.05 Å². The number of aliphatic hydroxyl groups excluding tert-OH is 2. The van der Waals surface area contributed by atoms with Crippen molar-refractivity contribution in [2.24, 2.45) is 7.05 Å². The number of carbonyl (C=O) groups is 2. The van der Waals surface area contributed by atoms with Crippen LogP contribution in [0.1, 0.15) is 27.8 Å². The highest BCUT2D eigenvalue weighted by Crippen LogP contribution is 2.11. The first-order chi connectivity index (χ1) is 8.51. The molecule has 0 aromatic carbocycles. The van der Waals surface area contributed by atoms with Crippen molar-refractivity contribution >= 4 is 11.7 Å². The van der Waals surface area contributed by atoms with Gasteiger partial charge in [-0.15, -0.1) is 0 Å². The van der Waals surface area contributed by atoms with Gasteiger partial charge in [0.05, 0.1) is 13.2 Å². The van der Waals surface area contributed by atoms with Crippen LogP contribution >= 0.6 is 0 Å². The molecule has 0 aliphatic carbocycles. The molecule has 0 aliphatic heterocycles. The molecule has 1 rings (SSSR count). The largest absolute Gasteiger partial charge is 0.395 e. The van der Waals surface area contributed by atoms with Crippen molar-refractivity contribution in [2.45, 2.75) is 6.92 Å². The standard InChI is InChI=1S/C12H18N2O4/c1-9(17)10-7-11(13(2)8-10)12(18)14(3-5-15)4-6-16/h7-8,15-16H,3-6H2,1-2H3. The summed E-state index contributed by atoms with van der Waals surface area (Å²) in [6.45, 7) is 1.40. The van der Waals surface area contributed by atoms with Crippen LogP contribution in [0.3, 0.4) is 0 Å². The van der Waals surface area contributed by atoms with Gasteiger partial charge in [0.2, 0.25) is 0 Å². The maximum Gasteiger partial charge on any atom is 0.270 e. The topological polar surface area (TPSA) is 82.8 Å². The van der Waals surface area contributed by atoms with Gasteiger partial charge >= 0.3 is 0 Å². The van der Waals surface area contributed by atoms with E-state index in [-0.39, 0.29) is 38.0 Å². The third-order valence-electron chi connectivity index (χ3n) is 2.66. The van der Waals surface area contributed by atoms with Crippen molar-refractivity contribution in [2.75, 3.05) is 26.3 Å². The van der Waals surface area contributed by atoms with Crippen molar-refractivity contribution < 1.29 is 19.8 Å². The van der Waals surface area contributed by atoms with Gasteiger partial charge in [-0.1, -0.05) is 0 Å². The molecule has 0 spiro atoms. The van der Waals surface area contributed by atoms with Gasteiger partial charge in [-0.05, 0) is 13.0 Å². The molecule has 0 unspecified atom stereocenters. The summed E-state index contributed by atoms with van der Waals surface area (Å²) < 4.78 is 1.57. The lowest BCUT2D eigenvalue weighted by Crippen LogP contribution is -2.36. The molecule has 2 N–H and O–H groups in total. The van der Waals surface area contributed by atoms with Crippen LogP contribution in [0, 0.1) is 0 Å². The van der Waals surface area contributed by atoms with Crippen LogP contribution in [0.15, 0.2) is 12.3 Å². The third-order valence-corrected chi connectivity index (χ3v) is 2.66. The van der Waals surface area contributed by atoms with E-state index in [0.717, 1.165) is 0 Å². The summed E-state index contributed by atoms with van der Waals surface area (Å²) >= 11 is 0. The van der Waals surface area contributed by atoms with Crippen molar-refractivity contribution in [3.8, 4) is 0 Å². The Morgan fingerprint density at radius 1 is 1.28 bits per heavy atom. The van der Waals surface area contributed by atoms with Gasteiger partial charge < -0.3 is 19.7 Å². The molecule has 1 heterocycles. The second-order valence-electron chi connectivity index (χ2n) is 4.02. The van der Waals surface area contributed by atoms with E-state index >= 15 is 0 Å². The number of ketones is 1. The van der Waals surface area contributed by atoms with Crippen LogP contribution in [0.25, 0.3) is 0 Å². The van der Waals surface area contributed by atoms with Crippen molar-refractivity contribution in [3.05, 3.63) is 23.5 Å². The fourth-order valence-electron chi connectivity index (χ4n) is 1.69. The fourth-order valence-corrected chi connectivity index (χ4v) is 1.69. The number of aryl methyl sites for hydroxylation is 1. The number of hydrogen-bond donors (Lipinski definition) is 2. The number of carbonyl (C=O) groups excluding carboxylic acids is 2. The number of Topliss-reactive ketones (excluding diaryl/α,β-unsaturated/α-hetero) is 1. The second-order valence-corrected chi connectivity index (χ2v) is 4.02. The lowest BCUT2D eigenvalue weighted by Gasteiger charge is -2.20.